The summed E-state index contributed by atoms with van der Waals surface area (Å²) in [6.45, 7) is 0. The molecule has 2 aromatic rings. The van der Waals surface area contributed by atoms with Crippen LogP contribution in [0.2, 0.25) is 0 Å². The molecule has 1 aromatic heterocycles. The van der Waals surface area contributed by atoms with Crippen molar-refractivity contribution in [2.75, 3.05) is 25.7 Å². The van der Waals surface area contributed by atoms with Crippen LogP contribution in [0.3, 0.4) is 0 Å². The summed E-state index contributed by atoms with van der Waals surface area (Å²) >= 11 is 0. The van der Waals surface area contributed by atoms with Crippen LogP contribution in [0.5, 0.6) is 11.5 Å². The number of rotatable bonds is 2. The Balaban J connectivity index is 2.86. The van der Waals surface area contributed by atoms with E-state index in [0.717, 1.165) is 0 Å². The number of nitrogen functional groups attached to an aromatic ring is 2. The summed E-state index contributed by atoms with van der Waals surface area (Å²) in [6, 6.07) is 3.52. The van der Waals surface area contributed by atoms with Crippen molar-refractivity contribution in [3.05, 3.63) is 12.1 Å². The van der Waals surface area contributed by atoms with Gasteiger partial charge in [0, 0.05) is 5.39 Å². The van der Waals surface area contributed by atoms with Crippen LogP contribution in [0, 0.1) is 0 Å². The van der Waals surface area contributed by atoms with E-state index >= 15 is 0 Å². The molecule has 0 unspecified atom stereocenters. The van der Waals surface area contributed by atoms with E-state index in [1.807, 2.05) is 0 Å². The van der Waals surface area contributed by atoms with E-state index in [1.54, 1.807) is 19.2 Å². The van der Waals surface area contributed by atoms with Crippen LogP contribution in [0.25, 0.3) is 10.9 Å². The number of aromatic nitrogens is 2. The molecule has 0 bridgehead atoms. The third kappa shape index (κ3) is 1.44. The molecule has 0 aliphatic rings. The van der Waals surface area contributed by atoms with Crippen molar-refractivity contribution >= 4 is 22.7 Å². The molecule has 4 N–H and O–H groups in total. The van der Waals surface area contributed by atoms with E-state index in [9.17, 15) is 0 Å². The summed E-state index contributed by atoms with van der Waals surface area (Å²) in [5.74, 6) is 1.51. The Morgan fingerprint density at radius 2 is 1.81 bits per heavy atom. The molecule has 0 aliphatic heterocycles. The lowest BCUT2D eigenvalue weighted by Gasteiger charge is -2.10. The molecule has 0 radical (unpaired) electrons. The summed E-state index contributed by atoms with van der Waals surface area (Å²) in [7, 11) is 3.09. The second kappa shape index (κ2) is 3.73. The average molecular weight is 220 g/mol. The van der Waals surface area contributed by atoms with Crippen molar-refractivity contribution in [3.63, 3.8) is 0 Å². The largest absolute Gasteiger partial charge is 0.493 e. The minimum Gasteiger partial charge on any atom is -0.493 e. The number of hydrogen-bond acceptors (Lipinski definition) is 6. The third-order valence-corrected chi connectivity index (χ3v) is 2.26. The first-order valence-electron chi connectivity index (χ1n) is 4.61. The van der Waals surface area contributed by atoms with Gasteiger partial charge in [-0.05, 0) is 12.1 Å². The van der Waals surface area contributed by atoms with Gasteiger partial charge in [0.1, 0.15) is 11.3 Å². The lowest BCUT2D eigenvalue weighted by atomic mass is 10.2. The first-order chi connectivity index (χ1) is 7.67. The average Bonchev–Trinajstić information content (AvgIpc) is 2.27. The fraction of sp³-hybridized carbons (Fsp3) is 0.200. The molecule has 0 atom stereocenters. The van der Waals surface area contributed by atoms with Crippen LogP contribution < -0.4 is 20.9 Å². The van der Waals surface area contributed by atoms with Gasteiger partial charge >= 0.3 is 0 Å². The van der Waals surface area contributed by atoms with Crippen LogP contribution in [-0.2, 0) is 0 Å². The second-order valence-corrected chi connectivity index (χ2v) is 3.16. The summed E-state index contributed by atoms with van der Waals surface area (Å²) in [5.41, 5.74) is 11.8. The smallest absolute Gasteiger partial charge is 0.222 e. The zero-order valence-corrected chi connectivity index (χ0v) is 9.02. The first-order valence-corrected chi connectivity index (χ1v) is 4.61. The fourth-order valence-corrected chi connectivity index (χ4v) is 1.55. The molecule has 1 aromatic carbocycles. The van der Waals surface area contributed by atoms with Gasteiger partial charge in [-0.3, -0.25) is 0 Å². The Labute approximate surface area is 92.2 Å². The third-order valence-electron chi connectivity index (χ3n) is 2.26. The number of fused-ring (bicyclic) bond motifs is 1. The molecule has 6 nitrogen and oxygen atoms in total. The van der Waals surface area contributed by atoms with Gasteiger partial charge in [-0.1, -0.05) is 0 Å². The lowest BCUT2D eigenvalue weighted by Crippen LogP contribution is -2.02. The Morgan fingerprint density at radius 1 is 1.06 bits per heavy atom. The molecule has 0 saturated heterocycles. The maximum Gasteiger partial charge on any atom is 0.222 e. The summed E-state index contributed by atoms with van der Waals surface area (Å²) in [5, 5.41) is 0.687. The van der Waals surface area contributed by atoms with E-state index < -0.39 is 0 Å². The zero-order valence-electron chi connectivity index (χ0n) is 9.02. The normalized spacial score (nSPS) is 10.4. The second-order valence-electron chi connectivity index (χ2n) is 3.16. The Hall–Kier alpha value is -2.24. The molecule has 0 aliphatic carbocycles. The number of nitrogens with two attached hydrogens (primary N) is 2. The van der Waals surface area contributed by atoms with E-state index in [1.165, 1.54) is 7.11 Å². The highest BCUT2D eigenvalue weighted by atomic mass is 16.5. The van der Waals surface area contributed by atoms with E-state index in [4.69, 9.17) is 20.9 Å². The lowest BCUT2D eigenvalue weighted by molar-refractivity contribution is 0.358. The molecule has 0 saturated carbocycles. The van der Waals surface area contributed by atoms with Gasteiger partial charge in [-0.25, -0.2) is 4.98 Å². The van der Waals surface area contributed by atoms with Gasteiger partial charge in [0.25, 0.3) is 0 Å². The van der Waals surface area contributed by atoms with Gasteiger partial charge in [-0.15, -0.1) is 0 Å². The van der Waals surface area contributed by atoms with Gasteiger partial charge < -0.3 is 20.9 Å². The van der Waals surface area contributed by atoms with Gasteiger partial charge in [0.05, 0.1) is 14.2 Å². The van der Waals surface area contributed by atoms with Crippen LogP contribution >= 0.6 is 0 Å². The van der Waals surface area contributed by atoms with Crippen molar-refractivity contribution in [3.8, 4) is 11.5 Å². The number of anilines is 2. The van der Waals surface area contributed by atoms with Crippen molar-refractivity contribution in [2.24, 2.45) is 0 Å². The molecule has 0 fully saturated rings. The van der Waals surface area contributed by atoms with Crippen LogP contribution in [0.4, 0.5) is 11.8 Å². The molecule has 1 heterocycles. The van der Waals surface area contributed by atoms with Crippen molar-refractivity contribution in [2.45, 2.75) is 0 Å². The summed E-state index contributed by atoms with van der Waals surface area (Å²) < 4.78 is 10.4. The van der Waals surface area contributed by atoms with Crippen molar-refractivity contribution < 1.29 is 9.47 Å². The molecule has 6 heteroatoms. The topological polar surface area (TPSA) is 96.3 Å². The van der Waals surface area contributed by atoms with E-state index in [-0.39, 0.29) is 5.95 Å². The Kier molecular flexibility index (Phi) is 2.40. The van der Waals surface area contributed by atoms with E-state index in [2.05, 4.69) is 9.97 Å². The predicted octanol–water partition coefficient (Wildman–Crippen LogP) is 0.811. The minimum atomic E-state index is 0.108. The molecule has 0 spiro atoms. The number of methoxy groups -OCH3 is 2. The molecular weight excluding hydrogens is 208 g/mol. The number of hydrogen-bond donors (Lipinski definition) is 2. The summed E-state index contributed by atoms with van der Waals surface area (Å²) in [4.78, 5) is 7.98. The van der Waals surface area contributed by atoms with Gasteiger partial charge in [-0.2, -0.15) is 4.98 Å². The Bertz CT molecular complexity index is 542. The van der Waals surface area contributed by atoms with Crippen LogP contribution in [0.1, 0.15) is 0 Å². The molecule has 2 rings (SSSR count). The maximum absolute atomic E-state index is 5.74. The fourth-order valence-electron chi connectivity index (χ4n) is 1.55. The number of nitrogens with zero attached hydrogens (tertiary/aromatic N) is 2. The van der Waals surface area contributed by atoms with Gasteiger partial charge in [0.2, 0.25) is 5.95 Å². The summed E-state index contributed by atoms with van der Waals surface area (Å²) in [6.07, 6.45) is 0. The predicted molar refractivity (Wildman–Crippen MR) is 61.5 cm³/mol. The molecule has 16 heavy (non-hydrogen) atoms. The molecular formula is C10H12N4O2. The van der Waals surface area contributed by atoms with Crippen molar-refractivity contribution in [1.82, 2.24) is 9.97 Å². The molecule has 0 amide bonds. The van der Waals surface area contributed by atoms with Crippen LogP contribution in [0.15, 0.2) is 12.1 Å². The van der Waals surface area contributed by atoms with Crippen LogP contribution in [-0.4, -0.2) is 24.2 Å². The quantitative estimate of drug-likeness (QED) is 0.777. The van der Waals surface area contributed by atoms with E-state index in [0.29, 0.717) is 28.2 Å². The molecule has 84 valence electrons. The SMILES string of the molecule is COc1ccc2c(N)nc(N)nc2c1OC. The highest BCUT2D eigenvalue weighted by Crippen LogP contribution is 2.35. The standard InChI is InChI=1S/C10H12N4O2/c1-15-6-4-3-5-7(8(6)16-2)13-10(12)14-9(5)11/h3-4H,1-2H3,(H4,11,12,13,14). The minimum absolute atomic E-state index is 0.108. The monoisotopic (exact) mass is 220 g/mol. The number of ether oxygens (including phenoxy) is 2. The van der Waals surface area contributed by atoms with Crippen molar-refractivity contribution in [1.29, 1.82) is 0 Å². The highest BCUT2D eigenvalue weighted by Gasteiger charge is 2.13. The number of benzene rings is 1. The first kappa shape index (κ1) is 10.3. The maximum atomic E-state index is 5.74. The zero-order chi connectivity index (χ0) is 11.7. The van der Waals surface area contributed by atoms with Gasteiger partial charge in [0.15, 0.2) is 11.5 Å². The highest BCUT2D eigenvalue weighted by molar-refractivity contribution is 5.94. The Morgan fingerprint density at radius 3 is 2.44 bits per heavy atom.